The topological polar surface area (TPSA) is 90.6 Å². The van der Waals surface area contributed by atoms with Crippen molar-refractivity contribution >= 4 is 46.6 Å². The predicted molar refractivity (Wildman–Crippen MR) is 142 cm³/mol. The summed E-state index contributed by atoms with van der Waals surface area (Å²) < 4.78 is 5.99. The first-order valence-electron chi connectivity index (χ1n) is 11.3. The minimum absolute atomic E-state index is 0.0367. The van der Waals surface area contributed by atoms with E-state index in [0.717, 1.165) is 29.1 Å². The van der Waals surface area contributed by atoms with E-state index in [1.165, 1.54) is 11.8 Å². The summed E-state index contributed by atoms with van der Waals surface area (Å²) in [5.74, 6) is 0.572. The molecule has 0 aliphatic heterocycles. The van der Waals surface area contributed by atoms with Crippen LogP contribution in [-0.2, 0) is 17.6 Å². The highest BCUT2D eigenvalue weighted by atomic mass is 35.5. The molecule has 0 fully saturated rings. The number of ether oxygens (including phenoxy) is 1. The van der Waals surface area contributed by atoms with Crippen molar-refractivity contribution in [3.8, 4) is 11.5 Å². The molecule has 0 heterocycles. The van der Waals surface area contributed by atoms with Gasteiger partial charge in [-0.15, -0.1) is 11.8 Å². The molecule has 186 valence electrons. The molecule has 0 saturated carbocycles. The second-order valence-corrected chi connectivity index (χ2v) is 11.3. The van der Waals surface area contributed by atoms with Gasteiger partial charge in [-0.1, -0.05) is 63.4 Å². The van der Waals surface area contributed by atoms with Crippen molar-refractivity contribution < 1.29 is 19.7 Å². The highest BCUT2D eigenvalue weighted by Crippen LogP contribution is 2.37. The van der Waals surface area contributed by atoms with Gasteiger partial charge in [-0.25, -0.2) is 0 Å². The molecule has 0 spiro atoms. The van der Waals surface area contributed by atoms with Crippen LogP contribution in [0.1, 0.15) is 63.6 Å². The standard InChI is InChI=1S/C26H33Cl2NO4S/c1-5-7-18-20(10-9-17(25(18)32)19(29)15-26(2,3)4)33-12-6-13-34-21-11-8-16(14-22(30)31)23(27)24(21)28/h8-11,29,32H,5-7,12-15H2,1-4H3,(H,30,31). The number of aliphatic carboxylic acids is 1. The molecule has 0 atom stereocenters. The summed E-state index contributed by atoms with van der Waals surface area (Å²) in [5, 5.41) is 28.9. The van der Waals surface area contributed by atoms with E-state index in [2.05, 4.69) is 20.8 Å². The highest BCUT2D eigenvalue weighted by molar-refractivity contribution is 7.99. The van der Waals surface area contributed by atoms with Crippen LogP contribution in [0.3, 0.4) is 0 Å². The van der Waals surface area contributed by atoms with Crippen molar-refractivity contribution in [2.24, 2.45) is 5.41 Å². The molecule has 3 N–H and O–H groups in total. The average molecular weight is 527 g/mol. The number of thioether (sulfide) groups is 1. The highest BCUT2D eigenvalue weighted by Gasteiger charge is 2.20. The lowest BCUT2D eigenvalue weighted by Gasteiger charge is -2.21. The quantitative estimate of drug-likeness (QED) is 0.150. The largest absolute Gasteiger partial charge is 0.507 e. The van der Waals surface area contributed by atoms with Crippen LogP contribution in [0.15, 0.2) is 29.2 Å². The fourth-order valence-corrected chi connectivity index (χ4v) is 5.03. The number of rotatable bonds is 12. The minimum Gasteiger partial charge on any atom is -0.507 e. The monoisotopic (exact) mass is 525 g/mol. The Bertz CT molecular complexity index is 1030. The Labute approximate surface area is 216 Å². The van der Waals surface area contributed by atoms with Crippen LogP contribution in [0.2, 0.25) is 10.0 Å². The summed E-state index contributed by atoms with van der Waals surface area (Å²) in [7, 11) is 0. The minimum atomic E-state index is -0.955. The zero-order valence-corrected chi connectivity index (χ0v) is 22.5. The van der Waals surface area contributed by atoms with Crippen LogP contribution in [0.5, 0.6) is 11.5 Å². The van der Waals surface area contributed by atoms with E-state index < -0.39 is 5.97 Å². The van der Waals surface area contributed by atoms with Gasteiger partial charge < -0.3 is 20.4 Å². The maximum absolute atomic E-state index is 10.9. The van der Waals surface area contributed by atoms with Crippen molar-refractivity contribution in [3.05, 3.63) is 51.0 Å². The lowest BCUT2D eigenvalue weighted by Crippen LogP contribution is -2.14. The molecule has 0 aliphatic rings. The van der Waals surface area contributed by atoms with E-state index in [0.29, 0.717) is 47.1 Å². The molecular formula is C26H33Cl2NO4S. The van der Waals surface area contributed by atoms with E-state index in [-0.39, 0.29) is 22.6 Å². The zero-order chi connectivity index (χ0) is 25.5. The Morgan fingerprint density at radius 1 is 1.15 bits per heavy atom. The number of aromatic hydroxyl groups is 1. The van der Waals surface area contributed by atoms with Gasteiger partial charge in [0.1, 0.15) is 11.5 Å². The molecule has 0 radical (unpaired) electrons. The van der Waals surface area contributed by atoms with Crippen LogP contribution in [0.25, 0.3) is 0 Å². The number of carboxylic acid groups (broad SMARTS) is 1. The molecule has 5 nitrogen and oxygen atoms in total. The number of benzene rings is 2. The van der Waals surface area contributed by atoms with Gasteiger partial charge in [0, 0.05) is 27.5 Å². The molecule has 0 aliphatic carbocycles. The summed E-state index contributed by atoms with van der Waals surface area (Å²) in [4.78, 5) is 11.7. The van der Waals surface area contributed by atoms with Crippen molar-refractivity contribution in [2.45, 2.75) is 64.7 Å². The van der Waals surface area contributed by atoms with E-state index in [1.54, 1.807) is 18.2 Å². The molecule has 0 bridgehead atoms. The van der Waals surface area contributed by atoms with Gasteiger partial charge in [0.05, 0.1) is 23.1 Å². The Hall–Kier alpha value is -1.89. The predicted octanol–water partition coefficient (Wildman–Crippen LogP) is 7.64. The Morgan fingerprint density at radius 3 is 2.47 bits per heavy atom. The van der Waals surface area contributed by atoms with E-state index >= 15 is 0 Å². The molecule has 2 aromatic rings. The Balaban J connectivity index is 1.99. The number of carbonyl (C=O) groups is 1. The summed E-state index contributed by atoms with van der Waals surface area (Å²) in [6.07, 6.45) is 2.67. The molecule has 0 aromatic heterocycles. The smallest absolute Gasteiger partial charge is 0.307 e. The van der Waals surface area contributed by atoms with Gasteiger partial charge in [0.25, 0.3) is 0 Å². The first-order chi connectivity index (χ1) is 15.9. The van der Waals surface area contributed by atoms with Gasteiger partial charge in [0.15, 0.2) is 0 Å². The van der Waals surface area contributed by atoms with Crippen molar-refractivity contribution in [1.82, 2.24) is 0 Å². The molecule has 34 heavy (non-hydrogen) atoms. The summed E-state index contributed by atoms with van der Waals surface area (Å²) in [5.41, 5.74) is 2.20. The summed E-state index contributed by atoms with van der Waals surface area (Å²) in [6, 6.07) is 7.11. The molecule has 0 amide bonds. The maximum atomic E-state index is 10.9. The van der Waals surface area contributed by atoms with Gasteiger partial charge in [-0.2, -0.15) is 0 Å². The van der Waals surface area contributed by atoms with Gasteiger partial charge in [-0.05, 0) is 48.4 Å². The summed E-state index contributed by atoms with van der Waals surface area (Å²) >= 11 is 14.1. The number of carboxylic acids is 1. The molecule has 2 aromatic carbocycles. The van der Waals surface area contributed by atoms with Crippen LogP contribution in [0.4, 0.5) is 0 Å². The first-order valence-corrected chi connectivity index (χ1v) is 13.1. The molecular weight excluding hydrogens is 493 g/mol. The van der Waals surface area contributed by atoms with E-state index in [9.17, 15) is 9.90 Å². The van der Waals surface area contributed by atoms with Gasteiger partial charge in [-0.3, -0.25) is 4.79 Å². The van der Waals surface area contributed by atoms with E-state index in [1.807, 2.05) is 13.0 Å². The maximum Gasteiger partial charge on any atom is 0.307 e. The number of halogens is 2. The second kappa shape index (κ2) is 12.7. The second-order valence-electron chi connectivity index (χ2n) is 9.38. The number of phenols is 1. The molecule has 0 saturated heterocycles. The molecule has 8 heteroatoms. The van der Waals surface area contributed by atoms with Crippen molar-refractivity contribution in [3.63, 3.8) is 0 Å². The normalized spacial score (nSPS) is 11.5. The van der Waals surface area contributed by atoms with Crippen molar-refractivity contribution in [1.29, 1.82) is 5.41 Å². The van der Waals surface area contributed by atoms with Crippen molar-refractivity contribution in [2.75, 3.05) is 12.4 Å². The van der Waals surface area contributed by atoms with Crippen LogP contribution in [-0.4, -0.2) is 34.3 Å². The Kier molecular flexibility index (Phi) is 10.6. The van der Waals surface area contributed by atoms with Gasteiger partial charge in [0.2, 0.25) is 0 Å². The van der Waals surface area contributed by atoms with Crippen LogP contribution >= 0.6 is 35.0 Å². The third kappa shape index (κ3) is 8.10. The first kappa shape index (κ1) is 28.3. The SMILES string of the molecule is CCCc1c(OCCCSc2ccc(CC(=O)O)c(Cl)c2Cl)ccc(C(=N)CC(C)(C)C)c1O. The van der Waals surface area contributed by atoms with Crippen LogP contribution in [0, 0.1) is 10.8 Å². The molecule has 2 rings (SSSR count). The third-order valence-corrected chi connectivity index (χ3v) is 7.22. The lowest BCUT2D eigenvalue weighted by molar-refractivity contribution is -0.136. The Morgan fingerprint density at radius 2 is 1.85 bits per heavy atom. The fourth-order valence-electron chi connectivity index (χ4n) is 3.52. The van der Waals surface area contributed by atoms with E-state index in [4.69, 9.17) is 38.5 Å². The number of hydrogen-bond acceptors (Lipinski definition) is 5. The van der Waals surface area contributed by atoms with Crippen LogP contribution < -0.4 is 4.74 Å². The third-order valence-electron chi connectivity index (χ3n) is 5.04. The number of hydrogen-bond donors (Lipinski definition) is 3. The van der Waals surface area contributed by atoms with Gasteiger partial charge >= 0.3 is 5.97 Å². The lowest BCUT2D eigenvalue weighted by atomic mass is 9.86. The fraction of sp³-hybridized carbons (Fsp3) is 0.462. The number of nitrogens with one attached hydrogen (secondary N) is 1. The average Bonchev–Trinajstić information content (AvgIpc) is 2.73. The number of phenolic OH excluding ortho intramolecular Hbond substituents is 1. The zero-order valence-electron chi connectivity index (χ0n) is 20.1. The summed E-state index contributed by atoms with van der Waals surface area (Å²) in [6.45, 7) is 8.74. The molecule has 0 unspecified atom stereocenters.